The maximum Gasteiger partial charge on any atom is 0.0671 e. The van der Waals surface area contributed by atoms with E-state index < -0.39 is 0 Å². The monoisotopic (exact) mass is 323 g/mol. The first-order chi connectivity index (χ1) is 8.61. The van der Waals surface area contributed by atoms with Crippen LogP contribution in [0.1, 0.15) is 33.8 Å². The molecule has 0 fully saturated rings. The molecule has 1 N–H and O–H groups in total. The van der Waals surface area contributed by atoms with Gasteiger partial charge in [0.15, 0.2) is 0 Å². The number of benzene rings is 1. The zero-order chi connectivity index (χ0) is 13.1. The summed E-state index contributed by atoms with van der Waals surface area (Å²) in [5.41, 5.74) is 2.70. The lowest BCUT2D eigenvalue weighted by atomic mass is 10.0. The fraction of sp³-hybridized carbons (Fsp3) is 0.333. The van der Waals surface area contributed by atoms with E-state index >= 15 is 0 Å². The van der Waals surface area contributed by atoms with Gasteiger partial charge in [0, 0.05) is 14.2 Å². The van der Waals surface area contributed by atoms with Crippen LogP contribution in [0.15, 0.2) is 34.8 Å². The molecule has 2 rings (SSSR count). The van der Waals surface area contributed by atoms with Gasteiger partial charge >= 0.3 is 0 Å². The molecule has 3 heteroatoms. The quantitative estimate of drug-likeness (QED) is 0.850. The second-order valence-corrected chi connectivity index (χ2v) is 6.63. The van der Waals surface area contributed by atoms with Crippen LogP contribution < -0.4 is 5.32 Å². The van der Waals surface area contributed by atoms with E-state index in [1.165, 1.54) is 20.9 Å². The Morgan fingerprint density at radius 2 is 1.89 bits per heavy atom. The van der Waals surface area contributed by atoms with Crippen LogP contribution in [0.3, 0.4) is 0 Å². The SMILES string of the molecule is CCNC(c1ccc(Br)cc1)c1cc(C)c(C)s1. The molecule has 1 nitrogen and oxygen atoms in total. The van der Waals surface area contributed by atoms with Crippen LogP contribution in [-0.2, 0) is 0 Å². The number of aryl methyl sites for hydroxylation is 2. The van der Waals surface area contributed by atoms with Gasteiger partial charge in [-0.05, 0) is 49.7 Å². The van der Waals surface area contributed by atoms with Crippen molar-refractivity contribution in [1.82, 2.24) is 5.32 Å². The molecular weight excluding hydrogens is 306 g/mol. The molecular formula is C15H18BrNS. The highest BCUT2D eigenvalue weighted by molar-refractivity contribution is 9.10. The smallest absolute Gasteiger partial charge is 0.0671 e. The Morgan fingerprint density at radius 1 is 1.22 bits per heavy atom. The lowest BCUT2D eigenvalue weighted by molar-refractivity contribution is 0.639. The van der Waals surface area contributed by atoms with Gasteiger partial charge in [0.25, 0.3) is 0 Å². The van der Waals surface area contributed by atoms with E-state index in [0.717, 1.165) is 11.0 Å². The molecule has 0 saturated carbocycles. The fourth-order valence-corrected chi connectivity index (χ4v) is 3.40. The van der Waals surface area contributed by atoms with Gasteiger partial charge in [0.1, 0.15) is 0 Å². The number of thiophene rings is 1. The standard InChI is InChI=1S/C15H18BrNS/c1-4-17-15(12-5-7-13(16)8-6-12)14-9-10(2)11(3)18-14/h5-9,15,17H,4H2,1-3H3. The lowest BCUT2D eigenvalue weighted by Crippen LogP contribution is -2.20. The van der Waals surface area contributed by atoms with Crippen molar-refractivity contribution in [1.29, 1.82) is 0 Å². The van der Waals surface area contributed by atoms with E-state index in [1.54, 1.807) is 0 Å². The normalized spacial score (nSPS) is 12.7. The second kappa shape index (κ2) is 6.00. The molecule has 0 saturated heterocycles. The van der Waals surface area contributed by atoms with Crippen molar-refractivity contribution in [2.75, 3.05) is 6.54 Å². The van der Waals surface area contributed by atoms with E-state index in [1.807, 2.05) is 11.3 Å². The topological polar surface area (TPSA) is 12.0 Å². The molecule has 18 heavy (non-hydrogen) atoms. The fourth-order valence-electron chi connectivity index (χ4n) is 1.99. The number of hydrogen-bond donors (Lipinski definition) is 1. The minimum absolute atomic E-state index is 0.306. The number of nitrogens with one attached hydrogen (secondary N) is 1. The maximum atomic E-state index is 3.57. The molecule has 1 aromatic carbocycles. The van der Waals surface area contributed by atoms with Crippen molar-refractivity contribution in [3.8, 4) is 0 Å². The van der Waals surface area contributed by atoms with Gasteiger partial charge in [-0.3, -0.25) is 0 Å². The minimum Gasteiger partial charge on any atom is -0.306 e. The number of hydrogen-bond acceptors (Lipinski definition) is 2. The summed E-state index contributed by atoms with van der Waals surface area (Å²) in [7, 11) is 0. The van der Waals surface area contributed by atoms with Gasteiger partial charge in [-0.15, -0.1) is 11.3 Å². The third-order valence-electron chi connectivity index (χ3n) is 3.08. The van der Waals surface area contributed by atoms with Crippen LogP contribution in [-0.4, -0.2) is 6.54 Å². The van der Waals surface area contributed by atoms with Crippen LogP contribution in [0, 0.1) is 13.8 Å². The van der Waals surface area contributed by atoms with Crippen LogP contribution in [0.5, 0.6) is 0 Å². The molecule has 0 aliphatic heterocycles. The molecule has 96 valence electrons. The van der Waals surface area contributed by atoms with Gasteiger partial charge in [-0.1, -0.05) is 35.0 Å². The summed E-state index contributed by atoms with van der Waals surface area (Å²) >= 11 is 5.37. The van der Waals surface area contributed by atoms with Crippen molar-refractivity contribution in [3.63, 3.8) is 0 Å². The van der Waals surface area contributed by atoms with Gasteiger partial charge in [-0.25, -0.2) is 0 Å². The Hall–Kier alpha value is -0.640. The molecule has 1 aromatic heterocycles. The average molecular weight is 324 g/mol. The molecule has 0 aliphatic rings. The summed E-state index contributed by atoms with van der Waals surface area (Å²) in [6.07, 6.45) is 0. The van der Waals surface area contributed by atoms with Crippen LogP contribution >= 0.6 is 27.3 Å². The Morgan fingerprint density at radius 3 is 2.39 bits per heavy atom. The van der Waals surface area contributed by atoms with Crippen LogP contribution in [0.25, 0.3) is 0 Å². The van der Waals surface area contributed by atoms with Crippen molar-refractivity contribution >= 4 is 27.3 Å². The van der Waals surface area contributed by atoms with Crippen molar-refractivity contribution < 1.29 is 0 Å². The summed E-state index contributed by atoms with van der Waals surface area (Å²) in [5, 5.41) is 3.57. The zero-order valence-corrected chi connectivity index (χ0v) is 13.4. The van der Waals surface area contributed by atoms with Gasteiger partial charge < -0.3 is 5.32 Å². The number of rotatable bonds is 4. The summed E-state index contributed by atoms with van der Waals surface area (Å²) in [6.45, 7) is 7.49. The third-order valence-corrected chi connectivity index (χ3v) is 4.83. The van der Waals surface area contributed by atoms with Crippen molar-refractivity contribution in [2.45, 2.75) is 26.8 Å². The molecule has 1 atom stereocenters. The first kappa shape index (κ1) is 13.8. The van der Waals surface area contributed by atoms with E-state index in [-0.39, 0.29) is 0 Å². The molecule has 0 bridgehead atoms. The first-order valence-corrected chi connectivity index (χ1v) is 7.78. The highest BCUT2D eigenvalue weighted by atomic mass is 79.9. The maximum absolute atomic E-state index is 3.57. The molecule has 0 radical (unpaired) electrons. The average Bonchev–Trinajstić information content (AvgIpc) is 2.68. The van der Waals surface area contributed by atoms with E-state index in [9.17, 15) is 0 Å². The largest absolute Gasteiger partial charge is 0.306 e. The van der Waals surface area contributed by atoms with Crippen LogP contribution in [0.4, 0.5) is 0 Å². The van der Waals surface area contributed by atoms with Crippen molar-refractivity contribution in [3.05, 3.63) is 55.7 Å². The highest BCUT2D eigenvalue weighted by Crippen LogP contribution is 2.31. The Labute approximate surface area is 121 Å². The molecule has 0 amide bonds. The van der Waals surface area contributed by atoms with Crippen LogP contribution in [0.2, 0.25) is 0 Å². The van der Waals surface area contributed by atoms with Gasteiger partial charge in [-0.2, -0.15) is 0 Å². The molecule has 0 spiro atoms. The lowest BCUT2D eigenvalue weighted by Gasteiger charge is -2.17. The minimum atomic E-state index is 0.306. The number of halogens is 1. The second-order valence-electron chi connectivity index (χ2n) is 4.43. The summed E-state index contributed by atoms with van der Waals surface area (Å²) in [6, 6.07) is 11.2. The summed E-state index contributed by atoms with van der Waals surface area (Å²) in [5.74, 6) is 0. The van der Waals surface area contributed by atoms with Gasteiger partial charge in [0.05, 0.1) is 6.04 Å². The predicted octanol–water partition coefficient (Wildman–Crippen LogP) is 4.83. The van der Waals surface area contributed by atoms with Gasteiger partial charge in [0.2, 0.25) is 0 Å². The Bertz CT molecular complexity index is 496. The predicted molar refractivity (Wildman–Crippen MR) is 83.5 cm³/mol. The molecule has 1 heterocycles. The van der Waals surface area contributed by atoms with E-state index in [2.05, 4.69) is 72.3 Å². The van der Waals surface area contributed by atoms with Crippen molar-refractivity contribution in [2.24, 2.45) is 0 Å². The Balaban J connectivity index is 2.36. The summed E-state index contributed by atoms with van der Waals surface area (Å²) < 4.78 is 1.13. The molecule has 0 aliphatic carbocycles. The third kappa shape index (κ3) is 3.02. The molecule has 2 aromatic rings. The first-order valence-electron chi connectivity index (χ1n) is 6.17. The Kier molecular flexibility index (Phi) is 4.60. The highest BCUT2D eigenvalue weighted by Gasteiger charge is 2.15. The summed E-state index contributed by atoms with van der Waals surface area (Å²) in [4.78, 5) is 2.80. The molecule has 1 unspecified atom stereocenters. The van der Waals surface area contributed by atoms with E-state index in [4.69, 9.17) is 0 Å². The van der Waals surface area contributed by atoms with E-state index in [0.29, 0.717) is 6.04 Å². The zero-order valence-electron chi connectivity index (χ0n) is 11.0.